The normalized spacial score (nSPS) is 11.5. The molecular formula is C48H32N2OS. The SMILES string of the molecule is c1ccc(N(c2cccc(-c3cccc(N(c4ccccc4)c4ccc5oc6ccccc6c5c4)c3)c2)c2ccc3c(c2)sc2ccccc23)cc1. The van der Waals surface area contributed by atoms with Crippen LogP contribution in [0.25, 0.3) is 53.2 Å². The average molecular weight is 685 g/mol. The van der Waals surface area contributed by atoms with Crippen LogP contribution in [0.2, 0.25) is 0 Å². The highest BCUT2D eigenvalue weighted by Crippen LogP contribution is 2.43. The van der Waals surface area contributed by atoms with Crippen LogP contribution in [0, 0.1) is 0 Å². The molecule has 0 fully saturated rings. The van der Waals surface area contributed by atoms with Crippen molar-refractivity contribution in [1.29, 1.82) is 0 Å². The van der Waals surface area contributed by atoms with Crippen LogP contribution in [-0.2, 0) is 0 Å². The van der Waals surface area contributed by atoms with Crippen molar-refractivity contribution < 1.29 is 4.42 Å². The van der Waals surface area contributed by atoms with Crippen molar-refractivity contribution in [2.45, 2.75) is 0 Å². The van der Waals surface area contributed by atoms with E-state index in [-0.39, 0.29) is 0 Å². The van der Waals surface area contributed by atoms with Gasteiger partial charge in [-0.2, -0.15) is 0 Å². The van der Waals surface area contributed by atoms with Crippen molar-refractivity contribution in [3.8, 4) is 11.1 Å². The minimum absolute atomic E-state index is 0.887. The van der Waals surface area contributed by atoms with E-state index in [1.165, 1.54) is 20.2 Å². The number of furan rings is 1. The minimum atomic E-state index is 0.887. The lowest BCUT2D eigenvalue weighted by Crippen LogP contribution is -2.10. The van der Waals surface area contributed by atoms with Gasteiger partial charge in [0.2, 0.25) is 0 Å². The minimum Gasteiger partial charge on any atom is -0.456 e. The summed E-state index contributed by atoms with van der Waals surface area (Å²) in [6.07, 6.45) is 0. The maximum Gasteiger partial charge on any atom is 0.135 e. The molecular weight excluding hydrogens is 653 g/mol. The number of hydrogen-bond donors (Lipinski definition) is 0. The fourth-order valence-electron chi connectivity index (χ4n) is 7.40. The first-order valence-corrected chi connectivity index (χ1v) is 18.3. The van der Waals surface area contributed by atoms with Crippen molar-refractivity contribution in [1.82, 2.24) is 0 Å². The number of anilines is 6. The van der Waals surface area contributed by atoms with Crippen LogP contribution in [0.5, 0.6) is 0 Å². The molecule has 0 amide bonds. The Balaban J connectivity index is 1.08. The molecule has 8 aromatic carbocycles. The number of para-hydroxylation sites is 3. The summed E-state index contributed by atoms with van der Waals surface area (Å²) in [5.41, 5.74) is 10.7. The number of nitrogens with zero attached hydrogens (tertiary/aromatic N) is 2. The molecule has 0 bridgehead atoms. The van der Waals surface area contributed by atoms with E-state index in [4.69, 9.17) is 4.42 Å². The maximum atomic E-state index is 6.18. The molecule has 0 aliphatic rings. The van der Waals surface area contributed by atoms with E-state index >= 15 is 0 Å². The summed E-state index contributed by atoms with van der Waals surface area (Å²) in [5.74, 6) is 0. The number of thiophene rings is 1. The highest BCUT2D eigenvalue weighted by atomic mass is 32.1. The van der Waals surface area contributed by atoms with Crippen LogP contribution in [0.15, 0.2) is 199 Å². The summed E-state index contributed by atoms with van der Waals surface area (Å²) in [6.45, 7) is 0. The lowest BCUT2D eigenvalue weighted by molar-refractivity contribution is 0.669. The zero-order valence-corrected chi connectivity index (χ0v) is 29.0. The van der Waals surface area contributed by atoms with Crippen molar-refractivity contribution in [3.63, 3.8) is 0 Å². The van der Waals surface area contributed by atoms with Gasteiger partial charge in [-0.3, -0.25) is 0 Å². The molecule has 0 aliphatic heterocycles. The summed E-state index contributed by atoms with van der Waals surface area (Å²) in [6, 6.07) is 69.2. The van der Waals surface area contributed by atoms with Crippen LogP contribution < -0.4 is 9.80 Å². The summed E-state index contributed by atoms with van der Waals surface area (Å²) in [4.78, 5) is 4.68. The standard InChI is InChI=1S/C48H32N2OS/c1-3-15-35(16-4-1)49(39-26-28-46-44(31-39)41-21-7-9-23-45(41)51-46)37-19-11-13-33(29-37)34-14-12-20-38(30-34)50(36-17-5-2-6-18-36)40-25-27-43-42-22-8-10-24-47(42)52-48(43)32-40/h1-32H. The predicted octanol–water partition coefficient (Wildman–Crippen LogP) is 14.6. The van der Waals surface area contributed by atoms with Gasteiger partial charge in [0.25, 0.3) is 0 Å². The molecule has 0 spiro atoms. The molecule has 0 saturated heterocycles. The van der Waals surface area contributed by atoms with Crippen LogP contribution in [-0.4, -0.2) is 0 Å². The molecule has 0 atom stereocenters. The molecule has 2 heterocycles. The second kappa shape index (κ2) is 12.6. The third-order valence-electron chi connectivity index (χ3n) is 9.81. The Hall–Kier alpha value is -6.62. The number of benzene rings is 8. The molecule has 52 heavy (non-hydrogen) atoms. The lowest BCUT2D eigenvalue weighted by Gasteiger charge is -2.27. The number of hydrogen-bond acceptors (Lipinski definition) is 4. The Kier molecular flexibility index (Phi) is 7.33. The van der Waals surface area contributed by atoms with Gasteiger partial charge in [-0.25, -0.2) is 0 Å². The number of fused-ring (bicyclic) bond motifs is 6. The molecule has 0 radical (unpaired) electrons. The van der Waals surface area contributed by atoms with Gasteiger partial charge < -0.3 is 14.2 Å². The molecule has 10 rings (SSSR count). The quantitative estimate of drug-likeness (QED) is 0.167. The second-order valence-corrected chi connectivity index (χ2v) is 14.1. The zero-order valence-electron chi connectivity index (χ0n) is 28.2. The van der Waals surface area contributed by atoms with Crippen molar-refractivity contribution in [2.24, 2.45) is 0 Å². The third-order valence-corrected chi connectivity index (χ3v) is 10.9. The van der Waals surface area contributed by atoms with E-state index in [0.29, 0.717) is 0 Å². The Bertz CT molecular complexity index is 2870. The van der Waals surface area contributed by atoms with E-state index in [2.05, 4.69) is 192 Å². The van der Waals surface area contributed by atoms with Crippen molar-refractivity contribution in [3.05, 3.63) is 194 Å². The van der Waals surface area contributed by atoms with Gasteiger partial charge >= 0.3 is 0 Å². The van der Waals surface area contributed by atoms with Crippen LogP contribution in [0.1, 0.15) is 0 Å². The Morgan fingerprint density at radius 3 is 1.50 bits per heavy atom. The van der Waals surface area contributed by atoms with Gasteiger partial charge in [0.05, 0.1) is 0 Å². The molecule has 0 unspecified atom stereocenters. The van der Waals surface area contributed by atoms with E-state index in [9.17, 15) is 0 Å². The number of rotatable bonds is 7. The van der Waals surface area contributed by atoms with E-state index in [1.807, 2.05) is 23.5 Å². The van der Waals surface area contributed by atoms with E-state index < -0.39 is 0 Å². The fourth-order valence-corrected chi connectivity index (χ4v) is 8.54. The molecule has 10 aromatic rings. The lowest BCUT2D eigenvalue weighted by atomic mass is 10.0. The molecule has 0 aliphatic carbocycles. The highest BCUT2D eigenvalue weighted by molar-refractivity contribution is 7.25. The first-order chi connectivity index (χ1) is 25.8. The highest BCUT2D eigenvalue weighted by Gasteiger charge is 2.18. The molecule has 3 nitrogen and oxygen atoms in total. The Morgan fingerprint density at radius 2 is 0.808 bits per heavy atom. The Morgan fingerprint density at radius 1 is 0.308 bits per heavy atom. The zero-order chi connectivity index (χ0) is 34.4. The van der Waals surface area contributed by atoms with Gasteiger partial charge in [-0.15, -0.1) is 11.3 Å². The average Bonchev–Trinajstić information content (AvgIpc) is 3.77. The molecule has 0 saturated carbocycles. The van der Waals surface area contributed by atoms with Crippen LogP contribution >= 0.6 is 11.3 Å². The summed E-state index contributed by atoms with van der Waals surface area (Å²) in [5, 5.41) is 4.83. The third kappa shape index (κ3) is 5.29. The van der Waals surface area contributed by atoms with Crippen LogP contribution in [0.3, 0.4) is 0 Å². The summed E-state index contributed by atoms with van der Waals surface area (Å²) < 4.78 is 8.78. The van der Waals surface area contributed by atoms with Crippen LogP contribution in [0.4, 0.5) is 34.1 Å². The molecule has 0 N–H and O–H groups in total. The van der Waals surface area contributed by atoms with Crippen molar-refractivity contribution in [2.75, 3.05) is 9.80 Å². The van der Waals surface area contributed by atoms with Gasteiger partial charge in [-0.1, -0.05) is 103 Å². The largest absolute Gasteiger partial charge is 0.456 e. The van der Waals surface area contributed by atoms with Gasteiger partial charge in [0.1, 0.15) is 11.2 Å². The summed E-state index contributed by atoms with van der Waals surface area (Å²) >= 11 is 1.85. The maximum absolute atomic E-state index is 6.18. The topological polar surface area (TPSA) is 19.6 Å². The fraction of sp³-hybridized carbons (Fsp3) is 0. The smallest absolute Gasteiger partial charge is 0.135 e. The monoisotopic (exact) mass is 684 g/mol. The van der Waals surface area contributed by atoms with Crippen molar-refractivity contribution >= 4 is 87.6 Å². The molecule has 246 valence electrons. The predicted molar refractivity (Wildman–Crippen MR) is 221 cm³/mol. The van der Waals surface area contributed by atoms with E-state index in [0.717, 1.165) is 67.2 Å². The first kappa shape index (κ1) is 30.2. The van der Waals surface area contributed by atoms with Gasteiger partial charge in [0, 0.05) is 65.1 Å². The Labute approximate surface area is 305 Å². The molecule has 4 heteroatoms. The second-order valence-electron chi connectivity index (χ2n) is 13.0. The van der Waals surface area contributed by atoms with E-state index in [1.54, 1.807) is 0 Å². The first-order valence-electron chi connectivity index (χ1n) is 17.5. The van der Waals surface area contributed by atoms with Gasteiger partial charge in [0.15, 0.2) is 0 Å². The van der Waals surface area contributed by atoms with Gasteiger partial charge in [-0.05, 0) is 102 Å². The molecule has 2 aromatic heterocycles. The summed E-state index contributed by atoms with van der Waals surface area (Å²) in [7, 11) is 0.